The summed E-state index contributed by atoms with van der Waals surface area (Å²) in [5, 5.41) is 21.3. The van der Waals surface area contributed by atoms with Crippen molar-refractivity contribution in [2.24, 2.45) is 0 Å². The standard InChI is InChI=1S/C28H28N2O/c29-23-27(24-11-4-1-5-12-24,25-13-6-2-7-14-25)17-10-20-30-21-18-28(31,19-22-30)26-15-8-3-9-16-26/h1-17,31H,18-22H2/b17-10+. The minimum absolute atomic E-state index is 0.714. The Morgan fingerprint density at radius 3 is 1.81 bits per heavy atom. The molecule has 156 valence electrons. The molecule has 0 unspecified atom stereocenters. The summed E-state index contributed by atoms with van der Waals surface area (Å²) >= 11 is 0. The van der Waals surface area contributed by atoms with Crippen molar-refractivity contribution < 1.29 is 5.11 Å². The Labute approximate surface area is 184 Å². The van der Waals surface area contributed by atoms with Crippen LogP contribution in [-0.2, 0) is 11.0 Å². The number of hydrogen-bond acceptors (Lipinski definition) is 3. The minimum Gasteiger partial charge on any atom is -0.385 e. The highest BCUT2D eigenvalue weighted by atomic mass is 16.3. The van der Waals surface area contributed by atoms with Gasteiger partial charge in [-0.05, 0) is 29.5 Å². The predicted octanol–water partition coefficient (Wildman–Crippen LogP) is 5.04. The highest BCUT2D eigenvalue weighted by molar-refractivity contribution is 5.51. The van der Waals surface area contributed by atoms with Crippen molar-refractivity contribution in [2.75, 3.05) is 19.6 Å². The first-order valence-electron chi connectivity index (χ1n) is 10.9. The number of benzene rings is 3. The molecule has 0 radical (unpaired) electrons. The number of aliphatic hydroxyl groups is 1. The lowest BCUT2D eigenvalue weighted by Gasteiger charge is -2.38. The van der Waals surface area contributed by atoms with Crippen LogP contribution in [-0.4, -0.2) is 29.6 Å². The summed E-state index contributed by atoms with van der Waals surface area (Å²) in [4.78, 5) is 2.34. The quantitative estimate of drug-likeness (QED) is 0.582. The van der Waals surface area contributed by atoms with E-state index in [4.69, 9.17) is 0 Å². The largest absolute Gasteiger partial charge is 0.385 e. The Morgan fingerprint density at radius 1 is 0.839 bits per heavy atom. The maximum Gasteiger partial charge on any atom is 0.125 e. The molecule has 1 saturated heterocycles. The van der Waals surface area contributed by atoms with Crippen LogP contribution < -0.4 is 0 Å². The summed E-state index contributed by atoms with van der Waals surface area (Å²) < 4.78 is 0. The molecule has 4 rings (SSSR count). The van der Waals surface area contributed by atoms with Gasteiger partial charge in [0, 0.05) is 19.6 Å². The van der Waals surface area contributed by atoms with Crippen LogP contribution in [0.2, 0.25) is 0 Å². The van der Waals surface area contributed by atoms with Gasteiger partial charge in [0.05, 0.1) is 11.7 Å². The normalized spacial score (nSPS) is 16.8. The van der Waals surface area contributed by atoms with Crippen molar-refractivity contribution >= 4 is 0 Å². The molecule has 1 N–H and O–H groups in total. The second-order valence-electron chi connectivity index (χ2n) is 8.25. The number of rotatable bonds is 6. The Balaban J connectivity index is 1.49. The number of likely N-dealkylation sites (tertiary alicyclic amines) is 1. The first-order chi connectivity index (χ1) is 15.2. The van der Waals surface area contributed by atoms with E-state index in [1.165, 1.54) is 0 Å². The molecule has 1 aliphatic heterocycles. The molecule has 1 heterocycles. The zero-order valence-electron chi connectivity index (χ0n) is 17.7. The van der Waals surface area contributed by atoms with Crippen LogP contribution in [0.1, 0.15) is 29.5 Å². The lowest BCUT2D eigenvalue weighted by molar-refractivity contribution is -0.0234. The lowest BCUT2D eigenvalue weighted by atomic mass is 9.75. The van der Waals surface area contributed by atoms with E-state index in [0.29, 0.717) is 12.8 Å². The molecular formula is C28H28N2O. The van der Waals surface area contributed by atoms with Gasteiger partial charge < -0.3 is 5.11 Å². The maximum atomic E-state index is 11.1. The zero-order valence-corrected chi connectivity index (χ0v) is 17.7. The molecule has 3 aromatic carbocycles. The molecule has 1 fully saturated rings. The molecular weight excluding hydrogens is 380 g/mol. The summed E-state index contributed by atoms with van der Waals surface area (Å²) in [5.74, 6) is 0. The summed E-state index contributed by atoms with van der Waals surface area (Å²) in [6, 6.07) is 32.5. The second kappa shape index (κ2) is 9.31. The second-order valence-corrected chi connectivity index (χ2v) is 8.25. The van der Waals surface area contributed by atoms with Crippen molar-refractivity contribution in [3.8, 4) is 6.07 Å². The summed E-state index contributed by atoms with van der Waals surface area (Å²) in [6.07, 6.45) is 5.57. The van der Waals surface area contributed by atoms with Crippen molar-refractivity contribution in [2.45, 2.75) is 23.9 Å². The van der Waals surface area contributed by atoms with Gasteiger partial charge in [0.1, 0.15) is 5.41 Å². The monoisotopic (exact) mass is 408 g/mol. The van der Waals surface area contributed by atoms with Crippen molar-refractivity contribution in [3.05, 3.63) is 120 Å². The van der Waals surface area contributed by atoms with Gasteiger partial charge >= 0.3 is 0 Å². The van der Waals surface area contributed by atoms with Crippen LogP contribution in [0.3, 0.4) is 0 Å². The Kier molecular flexibility index (Phi) is 6.32. The van der Waals surface area contributed by atoms with E-state index in [-0.39, 0.29) is 0 Å². The average molecular weight is 409 g/mol. The molecule has 0 atom stereocenters. The van der Waals surface area contributed by atoms with E-state index in [0.717, 1.165) is 36.3 Å². The molecule has 3 nitrogen and oxygen atoms in total. The van der Waals surface area contributed by atoms with E-state index in [1.807, 2.05) is 97.1 Å². The highest BCUT2D eigenvalue weighted by Gasteiger charge is 2.34. The third-order valence-corrected chi connectivity index (χ3v) is 6.36. The number of hydrogen-bond donors (Lipinski definition) is 1. The fraction of sp³-hybridized carbons (Fsp3) is 0.250. The van der Waals surface area contributed by atoms with E-state index >= 15 is 0 Å². The van der Waals surface area contributed by atoms with Crippen LogP contribution in [0.15, 0.2) is 103 Å². The Hall–Kier alpha value is -3.19. The Bertz CT molecular complexity index is 991. The zero-order chi connectivity index (χ0) is 21.6. The van der Waals surface area contributed by atoms with Crippen LogP contribution in [0, 0.1) is 11.3 Å². The van der Waals surface area contributed by atoms with Gasteiger partial charge in [-0.15, -0.1) is 0 Å². The van der Waals surface area contributed by atoms with Gasteiger partial charge in [0.15, 0.2) is 0 Å². The van der Waals surface area contributed by atoms with E-state index in [9.17, 15) is 10.4 Å². The predicted molar refractivity (Wildman–Crippen MR) is 124 cm³/mol. The first kappa shape index (κ1) is 21.1. The summed E-state index contributed by atoms with van der Waals surface area (Å²) in [5.41, 5.74) is 1.38. The number of allylic oxidation sites excluding steroid dienone is 1. The first-order valence-corrected chi connectivity index (χ1v) is 10.9. The van der Waals surface area contributed by atoms with Crippen LogP contribution >= 0.6 is 0 Å². The number of nitrogens with zero attached hydrogens (tertiary/aromatic N) is 2. The van der Waals surface area contributed by atoms with Crippen molar-refractivity contribution in [1.29, 1.82) is 5.26 Å². The molecule has 1 aliphatic rings. The van der Waals surface area contributed by atoms with Gasteiger partial charge in [0.25, 0.3) is 0 Å². The van der Waals surface area contributed by atoms with E-state index in [1.54, 1.807) is 0 Å². The topological polar surface area (TPSA) is 47.3 Å². The average Bonchev–Trinajstić information content (AvgIpc) is 2.85. The molecule has 3 heteroatoms. The molecule has 3 aromatic rings. The molecule has 0 spiro atoms. The lowest BCUT2D eigenvalue weighted by Crippen LogP contribution is -2.42. The molecule has 0 aliphatic carbocycles. The van der Waals surface area contributed by atoms with Gasteiger partial charge in [0.2, 0.25) is 0 Å². The molecule has 0 bridgehead atoms. The van der Waals surface area contributed by atoms with Gasteiger partial charge in [-0.3, -0.25) is 4.90 Å². The third kappa shape index (κ3) is 4.46. The minimum atomic E-state index is -0.816. The van der Waals surface area contributed by atoms with Crippen molar-refractivity contribution in [1.82, 2.24) is 4.90 Å². The smallest absolute Gasteiger partial charge is 0.125 e. The SMILES string of the molecule is N#CC(/C=C/CN1CCC(O)(c2ccccc2)CC1)(c1ccccc1)c1ccccc1. The van der Waals surface area contributed by atoms with Crippen molar-refractivity contribution in [3.63, 3.8) is 0 Å². The molecule has 0 amide bonds. The molecule has 0 saturated carbocycles. The summed E-state index contributed by atoms with van der Waals surface area (Å²) in [6.45, 7) is 2.41. The Morgan fingerprint density at radius 2 is 1.32 bits per heavy atom. The maximum absolute atomic E-state index is 11.1. The fourth-order valence-corrected chi connectivity index (χ4v) is 4.45. The van der Waals surface area contributed by atoms with Gasteiger partial charge in [-0.25, -0.2) is 0 Å². The fourth-order valence-electron chi connectivity index (χ4n) is 4.45. The van der Waals surface area contributed by atoms with E-state index in [2.05, 4.69) is 17.0 Å². The summed E-state index contributed by atoms with van der Waals surface area (Å²) in [7, 11) is 0. The molecule has 31 heavy (non-hydrogen) atoms. The molecule has 0 aromatic heterocycles. The van der Waals surface area contributed by atoms with E-state index < -0.39 is 11.0 Å². The number of nitriles is 1. The van der Waals surface area contributed by atoms with Gasteiger partial charge in [-0.2, -0.15) is 5.26 Å². The van der Waals surface area contributed by atoms with Gasteiger partial charge in [-0.1, -0.05) is 103 Å². The van der Waals surface area contributed by atoms with Crippen LogP contribution in [0.5, 0.6) is 0 Å². The highest BCUT2D eigenvalue weighted by Crippen LogP contribution is 2.34. The third-order valence-electron chi connectivity index (χ3n) is 6.36. The van der Waals surface area contributed by atoms with Crippen LogP contribution in [0.25, 0.3) is 0 Å². The van der Waals surface area contributed by atoms with Crippen LogP contribution in [0.4, 0.5) is 0 Å². The number of piperidine rings is 1.